The Morgan fingerprint density at radius 2 is 2.44 bits per heavy atom. The molecule has 1 amide bonds. The summed E-state index contributed by atoms with van der Waals surface area (Å²) in [5, 5.41) is 7.50. The van der Waals surface area contributed by atoms with E-state index < -0.39 is 0 Å². The summed E-state index contributed by atoms with van der Waals surface area (Å²) < 4.78 is 1.76. The lowest BCUT2D eigenvalue weighted by atomic mass is 9.92. The van der Waals surface area contributed by atoms with Gasteiger partial charge in [-0.3, -0.25) is 9.48 Å². The first-order chi connectivity index (χ1) is 8.56. The molecule has 2 atom stereocenters. The topological polar surface area (TPSA) is 50.2 Å². The van der Waals surface area contributed by atoms with Gasteiger partial charge < -0.3 is 10.2 Å². The molecule has 1 aliphatic heterocycles. The van der Waals surface area contributed by atoms with Crippen molar-refractivity contribution in [1.29, 1.82) is 0 Å². The summed E-state index contributed by atoms with van der Waals surface area (Å²) >= 11 is 0. The van der Waals surface area contributed by atoms with Gasteiger partial charge in [0, 0.05) is 44.4 Å². The third-order valence-electron chi connectivity index (χ3n) is 3.53. The summed E-state index contributed by atoms with van der Waals surface area (Å²) in [5.74, 6) is 0.426. The number of hydrogen-bond donors (Lipinski definition) is 1. The summed E-state index contributed by atoms with van der Waals surface area (Å²) in [6.45, 7) is 3.73. The predicted molar refractivity (Wildman–Crippen MR) is 69.9 cm³/mol. The molecule has 1 saturated heterocycles. The molecule has 1 aliphatic rings. The number of hydrogen-bond acceptors (Lipinski definition) is 3. The Morgan fingerprint density at radius 3 is 3.06 bits per heavy atom. The van der Waals surface area contributed by atoms with E-state index in [-0.39, 0.29) is 11.8 Å². The fraction of sp³-hybridized carbons (Fsp3) is 0.692. The predicted octanol–water partition coefficient (Wildman–Crippen LogP) is 0.767. The van der Waals surface area contributed by atoms with Crippen LogP contribution >= 0.6 is 0 Å². The van der Waals surface area contributed by atoms with Crippen molar-refractivity contribution in [3.63, 3.8) is 0 Å². The molecule has 1 N–H and O–H groups in total. The van der Waals surface area contributed by atoms with Crippen molar-refractivity contribution in [3.8, 4) is 0 Å². The quantitative estimate of drug-likeness (QED) is 0.862. The Labute approximate surface area is 108 Å². The SMILES string of the molecule is CC1CC(C(=O)N(C)Cc2cnn(C)c2)CCN1. The molecule has 0 saturated carbocycles. The van der Waals surface area contributed by atoms with Crippen LogP contribution in [-0.2, 0) is 18.4 Å². The van der Waals surface area contributed by atoms with Gasteiger partial charge in [0.25, 0.3) is 0 Å². The van der Waals surface area contributed by atoms with Crippen LogP contribution in [0.3, 0.4) is 0 Å². The highest BCUT2D eigenvalue weighted by Gasteiger charge is 2.27. The van der Waals surface area contributed by atoms with Crippen LogP contribution in [0.5, 0.6) is 0 Å². The summed E-state index contributed by atoms with van der Waals surface area (Å²) in [6, 6.07) is 0.444. The van der Waals surface area contributed by atoms with Crippen LogP contribution in [0.25, 0.3) is 0 Å². The molecule has 100 valence electrons. The molecule has 1 aromatic rings. The number of carbonyl (C=O) groups is 1. The van der Waals surface area contributed by atoms with Gasteiger partial charge in [-0.1, -0.05) is 0 Å². The molecule has 0 aromatic carbocycles. The van der Waals surface area contributed by atoms with E-state index in [0.717, 1.165) is 24.9 Å². The minimum atomic E-state index is 0.169. The first-order valence-corrected chi connectivity index (χ1v) is 6.52. The standard InChI is InChI=1S/C13H22N4O/c1-10-6-12(4-5-14-10)13(18)16(2)8-11-7-15-17(3)9-11/h7,9-10,12,14H,4-6,8H2,1-3H3. The number of piperidine rings is 1. The second kappa shape index (κ2) is 5.52. The van der Waals surface area contributed by atoms with Crippen LogP contribution in [0, 0.1) is 5.92 Å². The average Bonchev–Trinajstić information content (AvgIpc) is 2.73. The van der Waals surface area contributed by atoms with Gasteiger partial charge in [0.05, 0.1) is 6.20 Å². The van der Waals surface area contributed by atoms with Gasteiger partial charge in [-0.25, -0.2) is 0 Å². The fourth-order valence-corrected chi connectivity index (χ4v) is 2.57. The Kier molecular flexibility index (Phi) is 4.01. The number of rotatable bonds is 3. The Balaban J connectivity index is 1.91. The van der Waals surface area contributed by atoms with E-state index in [4.69, 9.17) is 0 Å². The van der Waals surface area contributed by atoms with Gasteiger partial charge in [-0.15, -0.1) is 0 Å². The van der Waals surface area contributed by atoms with Crippen LogP contribution in [0.4, 0.5) is 0 Å². The Hall–Kier alpha value is -1.36. The van der Waals surface area contributed by atoms with Crippen LogP contribution in [-0.4, -0.2) is 40.2 Å². The van der Waals surface area contributed by atoms with Crippen molar-refractivity contribution in [2.45, 2.75) is 32.4 Å². The minimum absolute atomic E-state index is 0.169. The molecule has 0 bridgehead atoms. The van der Waals surface area contributed by atoms with Crippen LogP contribution in [0.1, 0.15) is 25.3 Å². The molecule has 2 heterocycles. The van der Waals surface area contributed by atoms with Gasteiger partial charge in [-0.2, -0.15) is 5.10 Å². The number of amides is 1. The number of aromatic nitrogens is 2. The van der Waals surface area contributed by atoms with Crippen molar-refractivity contribution in [1.82, 2.24) is 20.0 Å². The molecule has 1 aromatic heterocycles. The minimum Gasteiger partial charge on any atom is -0.341 e. The summed E-state index contributed by atoms with van der Waals surface area (Å²) in [7, 11) is 3.77. The maximum atomic E-state index is 12.3. The molecule has 0 aliphatic carbocycles. The largest absolute Gasteiger partial charge is 0.341 e. The molecular formula is C13H22N4O. The Bertz CT molecular complexity index is 415. The van der Waals surface area contributed by atoms with Crippen molar-refractivity contribution < 1.29 is 4.79 Å². The van der Waals surface area contributed by atoms with Crippen molar-refractivity contribution in [2.75, 3.05) is 13.6 Å². The van der Waals surface area contributed by atoms with E-state index in [2.05, 4.69) is 17.3 Å². The summed E-state index contributed by atoms with van der Waals surface area (Å²) in [4.78, 5) is 14.1. The van der Waals surface area contributed by atoms with E-state index >= 15 is 0 Å². The van der Waals surface area contributed by atoms with E-state index in [9.17, 15) is 4.79 Å². The zero-order chi connectivity index (χ0) is 13.1. The maximum absolute atomic E-state index is 12.3. The maximum Gasteiger partial charge on any atom is 0.225 e. The van der Waals surface area contributed by atoms with E-state index in [0.29, 0.717) is 12.6 Å². The first-order valence-electron chi connectivity index (χ1n) is 6.52. The zero-order valence-corrected chi connectivity index (χ0v) is 11.4. The van der Waals surface area contributed by atoms with Crippen molar-refractivity contribution in [2.24, 2.45) is 13.0 Å². The summed E-state index contributed by atoms with van der Waals surface area (Å²) in [5.41, 5.74) is 1.08. The average molecular weight is 250 g/mol. The molecule has 1 fully saturated rings. The van der Waals surface area contributed by atoms with Crippen LogP contribution in [0.15, 0.2) is 12.4 Å². The number of nitrogens with one attached hydrogen (secondary N) is 1. The smallest absolute Gasteiger partial charge is 0.225 e. The van der Waals surface area contributed by atoms with Crippen molar-refractivity contribution >= 4 is 5.91 Å². The highest BCUT2D eigenvalue weighted by Crippen LogP contribution is 2.19. The fourth-order valence-electron chi connectivity index (χ4n) is 2.57. The van der Waals surface area contributed by atoms with Crippen LogP contribution in [0.2, 0.25) is 0 Å². The summed E-state index contributed by atoms with van der Waals surface area (Å²) in [6.07, 6.45) is 5.65. The van der Waals surface area contributed by atoms with E-state index in [1.54, 1.807) is 4.68 Å². The number of aryl methyl sites for hydroxylation is 1. The lowest BCUT2D eigenvalue weighted by Crippen LogP contribution is -2.42. The molecule has 0 spiro atoms. The molecule has 0 radical (unpaired) electrons. The monoisotopic (exact) mass is 250 g/mol. The number of nitrogens with zero attached hydrogens (tertiary/aromatic N) is 3. The van der Waals surface area contributed by atoms with Crippen molar-refractivity contribution in [3.05, 3.63) is 18.0 Å². The van der Waals surface area contributed by atoms with Gasteiger partial charge in [-0.05, 0) is 26.3 Å². The lowest BCUT2D eigenvalue weighted by molar-refractivity contribution is -0.135. The lowest BCUT2D eigenvalue weighted by Gasteiger charge is -2.30. The van der Waals surface area contributed by atoms with Gasteiger partial charge >= 0.3 is 0 Å². The Morgan fingerprint density at radius 1 is 1.67 bits per heavy atom. The highest BCUT2D eigenvalue weighted by atomic mass is 16.2. The van der Waals surface area contributed by atoms with E-state index in [1.165, 1.54) is 0 Å². The third kappa shape index (κ3) is 3.10. The normalized spacial score (nSPS) is 23.9. The van der Waals surface area contributed by atoms with Gasteiger partial charge in [0.2, 0.25) is 5.91 Å². The molecule has 2 rings (SSSR count). The molecule has 2 unspecified atom stereocenters. The number of carbonyl (C=O) groups excluding carboxylic acids is 1. The second-order valence-corrected chi connectivity index (χ2v) is 5.29. The molecule has 18 heavy (non-hydrogen) atoms. The molecular weight excluding hydrogens is 228 g/mol. The van der Waals surface area contributed by atoms with Gasteiger partial charge in [0.15, 0.2) is 0 Å². The van der Waals surface area contributed by atoms with Crippen LogP contribution < -0.4 is 5.32 Å². The van der Waals surface area contributed by atoms with E-state index in [1.807, 2.05) is 31.4 Å². The first kappa shape index (κ1) is 13.1. The highest BCUT2D eigenvalue weighted by molar-refractivity contribution is 5.78. The van der Waals surface area contributed by atoms with Gasteiger partial charge in [0.1, 0.15) is 0 Å². The molecule has 5 nitrogen and oxygen atoms in total. The third-order valence-corrected chi connectivity index (χ3v) is 3.53. The second-order valence-electron chi connectivity index (χ2n) is 5.29. The molecule has 5 heteroatoms. The zero-order valence-electron chi connectivity index (χ0n) is 11.4.